The van der Waals surface area contributed by atoms with Gasteiger partial charge in [0, 0.05) is 0 Å². The smallest absolute Gasteiger partial charge is 0.344 e. The van der Waals surface area contributed by atoms with E-state index in [1.807, 2.05) is 45.0 Å². The molecule has 0 heterocycles. The number of aryl methyl sites for hydroxylation is 1. The first kappa shape index (κ1) is 14.5. The van der Waals surface area contributed by atoms with Crippen molar-refractivity contribution in [1.29, 1.82) is 0 Å². The zero-order chi connectivity index (χ0) is 12.4. The molecule has 0 aliphatic heterocycles. The maximum absolute atomic E-state index is 10.9. The molecule has 0 aliphatic rings. The minimum absolute atomic E-state index is 0.0309. The average Bonchev–Trinajstić information content (AvgIpc) is 2.31. The van der Waals surface area contributed by atoms with Gasteiger partial charge in [0.2, 0.25) is 0 Å². The number of ether oxygens (including phenoxy) is 2. The van der Waals surface area contributed by atoms with Crippen molar-refractivity contribution in [2.45, 2.75) is 27.7 Å². The van der Waals surface area contributed by atoms with Gasteiger partial charge in [0.25, 0.3) is 0 Å². The molecule has 0 radical (unpaired) electrons. The summed E-state index contributed by atoms with van der Waals surface area (Å²) in [5.41, 5.74) is 1.16. The number of rotatable bonds is 4. The summed E-state index contributed by atoms with van der Waals surface area (Å²) in [5, 5.41) is 0. The first-order valence-electron chi connectivity index (χ1n) is 5.57. The third-order valence-corrected chi connectivity index (χ3v) is 1.68. The van der Waals surface area contributed by atoms with Crippen LogP contribution in [-0.4, -0.2) is 19.2 Å². The van der Waals surface area contributed by atoms with Crippen molar-refractivity contribution >= 4 is 5.97 Å². The van der Waals surface area contributed by atoms with E-state index in [1.165, 1.54) is 0 Å². The number of carbonyl (C=O) groups excluding carboxylic acids is 1. The molecule has 3 heteroatoms. The van der Waals surface area contributed by atoms with Crippen molar-refractivity contribution in [3.05, 3.63) is 29.8 Å². The molecular formula is C13H20O3. The summed E-state index contributed by atoms with van der Waals surface area (Å²) in [6, 6.07) is 7.52. The largest absolute Gasteiger partial charge is 0.482 e. The lowest BCUT2D eigenvalue weighted by Gasteiger charge is -2.05. The molecule has 0 spiro atoms. The van der Waals surface area contributed by atoms with Crippen molar-refractivity contribution in [2.24, 2.45) is 0 Å². The van der Waals surface area contributed by atoms with Gasteiger partial charge >= 0.3 is 5.97 Å². The average molecular weight is 224 g/mol. The van der Waals surface area contributed by atoms with Crippen LogP contribution in [0.25, 0.3) is 0 Å². The van der Waals surface area contributed by atoms with Crippen LogP contribution in [0.1, 0.15) is 26.3 Å². The monoisotopic (exact) mass is 224 g/mol. The Labute approximate surface area is 97.4 Å². The van der Waals surface area contributed by atoms with Crippen LogP contribution in [0.15, 0.2) is 24.3 Å². The van der Waals surface area contributed by atoms with Crippen molar-refractivity contribution in [1.82, 2.24) is 0 Å². The van der Waals surface area contributed by atoms with Crippen molar-refractivity contribution < 1.29 is 14.3 Å². The van der Waals surface area contributed by atoms with Gasteiger partial charge in [0.15, 0.2) is 6.61 Å². The molecule has 90 valence electrons. The second kappa shape index (κ2) is 8.77. The van der Waals surface area contributed by atoms with Gasteiger partial charge in [-0.25, -0.2) is 4.79 Å². The Morgan fingerprint density at radius 2 is 1.75 bits per heavy atom. The molecule has 0 saturated carbocycles. The first-order chi connectivity index (χ1) is 7.72. The molecule has 1 aromatic carbocycles. The lowest BCUT2D eigenvalue weighted by molar-refractivity contribution is -0.145. The topological polar surface area (TPSA) is 35.5 Å². The highest BCUT2D eigenvalue weighted by Crippen LogP contribution is 2.10. The summed E-state index contributed by atoms with van der Waals surface area (Å²) in [7, 11) is 0. The predicted molar refractivity (Wildman–Crippen MR) is 64.7 cm³/mol. The fourth-order valence-electron chi connectivity index (χ4n) is 0.979. The quantitative estimate of drug-likeness (QED) is 0.738. The molecule has 0 saturated heterocycles. The summed E-state index contributed by atoms with van der Waals surface area (Å²) in [6.07, 6.45) is 0. The SMILES string of the molecule is CC.CCOC(=O)COc1ccc(C)cc1. The van der Waals surface area contributed by atoms with E-state index >= 15 is 0 Å². The Bertz CT molecular complexity index is 291. The Balaban J connectivity index is 0.00000106. The number of hydrogen-bond donors (Lipinski definition) is 0. The van der Waals surface area contributed by atoms with Gasteiger partial charge in [-0.3, -0.25) is 0 Å². The number of benzene rings is 1. The number of esters is 1. The molecule has 0 amide bonds. The maximum Gasteiger partial charge on any atom is 0.344 e. The fourth-order valence-corrected chi connectivity index (χ4v) is 0.979. The van der Waals surface area contributed by atoms with Gasteiger partial charge in [-0.1, -0.05) is 31.5 Å². The van der Waals surface area contributed by atoms with Crippen molar-refractivity contribution in [3.8, 4) is 5.75 Å². The van der Waals surface area contributed by atoms with Gasteiger partial charge in [0.1, 0.15) is 5.75 Å². The summed E-state index contributed by atoms with van der Waals surface area (Å²) in [5.74, 6) is 0.344. The van der Waals surface area contributed by atoms with E-state index in [1.54, 1.807) is 6.92 Å². The molecule has 1 aromatic rings. The van der Waals surface area contributed by atoms with Crippen molar-refractivity contribution in [3.63, 3.8) is 0 Å². The van der Waals surface area contributed by atoms with Crippen LogP contribution < -0.4 is 4.74 Å². The zero-order valence-corrected chi connectivity index (χ0v) is 10.4. The molecule has 0 fully saturated rings. The van der Waals surface area contributed by atoms with Gasteiger partial charge < -0.3 is 9.47 Å². The summed E-state index contributed by atoms with van der Waals surface area (Å²) in [4.78, 5) is 10.9. The van der Waals surface area contributed by atoms with E-state index in [0.29, 0.717) is 12.4 Å². The van der Waals surface area contributed by atoms with E-state index in [4.69, 9.17) is 9.47 Å². The molecule has 0 unspecified atom stereocenters. The van der Waals surface area contributed by atoms with Gasteiger partial charge in [-0.15, -0.1) is 0 Å². The lowest BCUT2D eigenvalue weighted by Crippen LogP contribution is -2.14. The van der Waals surface area contributed by atoms with Crippen LogP contribution in [0.2, 0.25) is 0 Å². The van der Waals surface area contributed by atoms with Crippen LogP contribution in [0.4, 0.5) is 0 Å². The Morgan fingerprint density at radius 3 is 2.25 bits per heavy atom. The zero-order valence-electron chi connectivity index (χ0n) is 10.4. The van der Waals surface area contributed by atoms with Crippen LogP contribution >= 0.6 is 0 Å². The van der Waals surface area contributed by atoms with Gasteiger partial charge in [0.05, 0.1) is 6.61 Å². The van der Waals surface area contributed by atoms with E-state index < -0.39 is 0 Å². The Morgan fingerprint density at radius 1 is 1.19 bits per heavy atom. The number of carbonyl (C=O) groups is 1. The molecule has 0 N–H and O–H groups in total. The third kappa shape index (κ3) is 6.06. The van der Waals surface area contributed by atoms with Crippen molar-refractivity contribution in [2.75, 3.05) is 13.2 Å². The Hall–Kier alpha value is -1.51. The van der Waals surface area contributed by atoms with E-state index in [9.17, 15) is 4.79 Å². The summed E-state index contributed by atoms with van der Waals surface area (Å²) < 4.78 is 9.92. The highest BCUT2D eigenvalue weighted by Gasteiger charge is 2.01. The third-order valence-electron chi connectivity index (χ3n) is 1.68. The minimum atomic E-state index is -0.340. The molecule has 0 aromatic heterocycles. The van der Waals surface area contributed by atoms with E-state index in [-0.39, 0.29) is 12.6 Å². The van der Waals surface area contributed by atoms with Crippen LogP contribution in [0.3, 0.4) is 0 Å². The highest BCUT2D eigenvalue weighted by molar-refractivity contribution is 5.71. The molecule has 16 heavy (non-hydrogen) atoms. The summed E-state index contributed by atoms with van der Waals surface area (Å²) >= 11 is 0. The maximum atomic E-state index is 10.9. The van der Waals surface area contributed by atoms with Gasteiger partial charge in [-0.05, 0) is 26.0 Å². The highest BCUT2D eigenvalue weighted by atomic mass is 16.6. The predicted octanol–water partition coefficient (Wildman–Crippen LogP) is 2.96. The molecule has 0 aliphatic carbocycles. The normalized spacial score (nSPS) is 8.75. The minimum Gasteiger partial charge on any atom is -0.482 e. The Kier molecular flexibility index (Phi) is 7.94. The fraction of sp³-hybridized carbons (Fsp3) is 0.462. The molecule has 0 bridgehead atoms. The standard InChI is InChI=1S/C11H14O3.C2H6/c1-3-13-11(12)8-14-10-6-4-9(2)5-7-10;1-2/h4-7H,3,8H2,1-2H3;1-2H3. The first-order valence-corrected chi connectivity index (χ1v) is 5.57. The second-order valence-electron chi connectivity index (χ2n) is 2.91. The molecule has 3 nitrogen and oxygen atoms in total. The van der Waals surface area contributed by atoms with E-state index in [2.05, 4.69) is 0 Å². The molecule has 0 atom stereocenters. The van der Waals surface area contributed by atoms with Gasteiger partial charge in [-0.2, -0.15) is 0 Å². The van der Waals surface area contributed by atoms with Crippen LogP contribution in [0, 0.1) is 6.92 Å². The number of hydrogen-bond acceptors (Lipinski definition) is 3. The summed E-state index contributed by atoms with van der Waals surface area (Å²) in [6.45, 7) is 8.12. The van der Waals surface area contributed by atoms with Crippen LogP contribution in [0.5, 0.6) is 5.75 Å². The second-order valence-corrected chi connectivity index (χ2v) is 2.91. The van der Waals surface area contributed by atoms with Crippen LogP contribution in [-0.2, 0) is 9.53 Å². The molecular weight excluding hydrogens is 204 g/mol. The lowest BCUT2D eigenvalue weighted by atomic mass is 10.2. The molecule has 1 rings (SSSR count). The van der Waals surface area contributed by atoms with E-state index in [0.717, 1.165) is 5.56 Å².